The second-order valence-corrected chi connectivity index (χ2v) is 11.7. The van der Waals surface area contributed by atoms with Gasteiger partial charge in [0, 0.05) is 41.6 Å². The van der Waals surface area contributed by atoms with E-state index in [9.17, 15) is 17.6 Å². The second-order valence-electron chi connectivity index (χ2n) is 9.67. The van der Waals surface area contributed by atoms with Gasteiger partial charge in [0.2, 0.25) is 0 Å². The van der Waals surface area contributed by atoms with Gasteiger partial charge in [-0.05, 0) is 68.0 Å². The van der Waals surface area contributed by atoms with Gasteiger partial charge in [-0.3, -0.25) is 9.52 Å². The number of aromatic nitrogens is 2. The van der Waals surface area contributed by atoms with E-state index in [1.165, 1.54) is 30.7 Å². The fourth-order valence-corrected chi connectivity index (χ4v) is 6.17. The Bertz CT molecular complexity index is 1640. The molecular weight excluding hydrogens is 557 g/mol. The molecule has 0 spiro atoms. The van der Waals surface area contributed by atoms with Crippen molar-refractivity contribution in [2.75, 3.05) is 23.1 Å². The van der Waals surface area contributed by atoms with Crippen LogP contribution in [-0.2, 0) is 10.0 Å². The van der Waals surface area contributed by atoms with Crippen LogP contribution >= 0.6 is 11.6 Å². The van der Waals surface area contributed by atoms with Crippen LogP contribution in [0.15, 0.2) is 70.5 Å². The number of benzene rings is 2. The largest absolute Gasteiger partial charge is 0.363 e. The Morgan fingerprint density at radius 3 is 2.50 bits per heavy atom. The molecule has 3 heterocycles. The van der Waals surface area contributed by atoms with Gasteiger partial charge in [0.15, 0.2) is 10.8 Å². The van der Waals surface area contributed by atoms with Crippen LogP contribution in [0.2, 0.25) is 5.02 Å². The van der Waals surface area contributed by atoms with Crippen LogP contribution < -0.4 is 10.0 Å². The molecule has 2 aromatic carbocycles. The molecular formula is C28H27ClFN5O4S. The average Bonchev–Trinajstić information content (AvgIpc) is 3.44. The number of amides is 1. The third-order valence-electron chi connectivity index (χ3n) is 7.02. The summed E-state index contributed by atoms with van der Waals surface area (Å²) in [6.45, 7) is 4.44. The molecule has 0 saturated carbocycles. The maximum atomic E-state index is 13.8. The minimum absolute atomic E-state index is 0.00516. The monoisotopic (exact) mass is 583 g/mol. The summed E-state index contributed by atoms with van der Waals surface area (Å²) < 4.78 is 46.8. The first kappa shape index (κ1) is 27.6. The summed E-state index contributed by atoms with van der Waals surface area (Å²) in [5.74, 6) is -0.337. The number of rotatable bonds is 7. The number of hydrogen-bond acceptors (Lipinski definition) is 7. The third-order valence-corrected chi connectivity index (χ3v) is 8.65. The lowest BCUT2D eigenvalue weighted by atomic mass is 9.89. The number of hydrogen-bond donors (Lipinski definition) is 2. The molecule has 40 heavy (non-hydrogen) atoms. The van der Waals surface area contributed by atoms with Crippen molar-refractivity contribution in [1.29, 1.82) is 0 Å². The first-order valence-electron chi connectivity index (χ1n) is 12.6. The molecule has 1 aliphatic rings. The van der Waals surface area contributed by atoms with Gasteiger partial charge in [-0.2, -0.15) is 8.42 Å². The normalized spacial score (nSPS) is 14.2. The Labute approximate surface area is 236 Å². The summed E-state index contributed by atoms with van der Waals surface area (Å²) >= 11 is 6.23. The maximum Gasteiger partial charge on any atom is 0.280 e. The summed E-state index contributed by atoms with van der Waals surface area (Å²) in [6.07, 6.45) is 3.96. The van der Waals surface area contributed by atoms with Crippen LogP contribution in [0.1, 0.15) is 45.8 Å². The minimum atomic E-state index is -4.16. The van der Waals surface area contributed by atoms with Gasteiger partial charge < -0.3 is 14.7 Å². The minimum Gasteiger partial charge on any atom is -0.363 e. The highest BCUT2D eigenvalue weighted by Crippen LogP contribution is 2.34. The lowest BCUT2D eigenvalue weighted by Gasteiger charge is -2.33. The van der Waals surface area contributed by atoms with Gasteiger partial charge in [-0.15, -0.1) is 0 Å². The second kappa shape index (κ2) is 11.3. The van der Waals surface area contributed by atoms with Gasteiger partial charge in [-0.1, -0.05) is 35.0 Å². The lowest BCUT2D eigenvalue weighted by Crippen LogP contribution is -2.38. The van der Waals surface area contributed by atoms with Gasteiger partial charge in [0.25, 0.3) is 15.9 Å². The number of halogens is 2. The summed E-state index contributed by atoms with van der Waals surface area (Å²) in [5.41, 5.74) is 3.31. The molecule has 4 aromatic rings. The summed E-state index contributed by atoms with van der Waals surface area (Å²) in [7, 11) is -4.16. The molecule has 0 radical (unpaired) electrons. The van der Waals surface area contributed by atoms with Crippen LogP contribution in [0, 0.1) is 19.7 Å². The van der Waals surface area contributed by atoms with Crippen molar-refractivity contribution in [3.05, 3.63) is 94.1 Å². The number of sulfonamides is 1. The first-order valence-corrected chi connectivity index (χ1v) is 14.5. The fourth-order valence-electron chi connectivity index (χ4n) is 4.82. The summed E-state index contributed by atoms with van der Waals surface area (Å²) in [5, 5.41) is 7.07. The van der Waals surface area contributed by atoms with E-state index in [1.807, 2.05) is 13.0 Å². The third kappa shape index (κ3) is 5.80. The standard InChI is InChI=1S/C28H27ClFN5O4S/c1-17-3-6-21(29)15-24(17)32-26-18(2)27(40(37,38)34-25-11-14-39-33-25)31-16-23(26)28(36)35-12-9-20(10-13-35)19-4-7-22(30)8-5-19/h3-8,11,14-16,20H,9-10,12-13H2,1-2H3,(H,31,32)(H,33,34). The van der Waals surface area contributed by atoms with Crippen LogP contribution in [-0.4, -0.2) is 42.5 Å². The number of likely N-dealkylation sites (tertiary alicyclic amines) is 1. The zero-order valence-electron chi connectivity index (χ0n) is 21.8. The van der Waals surface area contributed by atoms with Crippen molar-refractivity contribution in [2.24, 2.45) is 0 Å². The Kier molecular flexibility index (Phi) is 7.77. The molecule has 2 aromatic heterocycles. The molecule has 1 amide bonds. The molecule has 5 rings (SSSR count). The molecule has 0 aliphatic carbocycles. The molecule has 1 fully saturated rings. The number of pyridine rings is 1. The van der Waals surface area contributed by atoms with E-state index in [0.717, 1.165) is 11.1 Å². The van der Waals surface area contributed by atoms with Crippen LogP contribution in [0.5, 0.6) is 0 Å². The molecule has 0 atom stereocenters. The predicted octanol–water partition coefficient (Wildman–Crippen LogP) is 6.04. The van der Waals surface area contributed by atoms with Crippen molar-refractivity contribution >= 4 is 44.7 Å². The van der Waals surface area contributed by atoms with E-state index in [1.54, 1.807) is 36.1 Å². The highest BCUT2D eigenvalue weighted by atomic mass is 35.5. The Balaban J connectivity index is 1.47. The van der Waals surface area contributed by atoms with E-state index < -0.39 is 10.0 Å². The van der Waals surface area contributed by atoms with Crippen molar-refractivity contribution in [3.63, 3.8) is 0 Å². The van der Waals surface area contributed by atoms with Gasteiger partial charge in [0.05, 0.1) is 11.3 Å². The Morgan fingerprint density at radius 2 is 1.82 bits per heavy atom. The van der Waals surface area contributed by atoms with Crippen molar-refractivity contribution in [1.82, 2.24) is 15.0 Å². The Hall–Kier alpha value is -3.96. The van der Waals surface area contributed by atoms with Crippen LogP contribution in [0.3, 0.4) is 0 Å². The SMILES string of the molecule is Cc1ccc(Cl)cc1Nc1c(C(=O)N2CCC(c3ccc(F)cc3)CC2)cnc(S(=O)(=O)Nc2ccon2)c1C. The first-order chi connectivity index (χ1) is 19.1. The van der Waals surface area contributed by atoms with Crippen LogP contribution in [0.25, 0.3) is 0 Å². The predicted molar refractivity (Wildman–Crippen MR) is 150 cm³/mol. The summed E-state index contributed by atoms with van der Waals surface area (Å²) in [4.78, 5) is 19.7. The van der Waals surface area contributed by atoms with Crippen molar-refractivity contribution < 1.29 is 22.1 Å². The van der Waals surface area contributed by atoms with E-state index >= 15 is 0 Å². The highest BCUT2D eigenvalue weighted by Gasteiger charge is 2.30. The Morgan fingerprint density at radius 1 is 1.10 bits per heavy atom. The molecule has 2 N–H and O–H groups in total. The quantitative estimate of drug-likeness (QED) is 0.272. The molecule has 9 nitrogen and oxygen atoms in total. The number of aryl methyl sites for hydroxylation is 1. The maximum absolute atomic E-state index is 13.8. The fraction of sp³-hybridized carbons (Fsp3) is 0.250. The number of piperidine rings is 1. The van der Waals surface area contributed by atoms with E-state index in [0.29, 0.717) is 42.3 Å². The van der Waals surface area contributed by atoms with Crippen molar-refractivity contribution in [3.8, 4) is 0 Å². The number of nitrogens with zero attached hydrogens (tertiary/aromatic N) is 3. The molecule has 12 heteroatoms. The van der Waals surface area contributed by atoms with Crippen molar-refractivity contribution in [2.45, 2.75) is 37.6 Å². The van der Waals surface area contributed by atoms with Gasteiger partial charge >= 0.3 is 0 Å². The van der Waals surface area contributed by atoms with Crippen LogP contribution in [0.4, 0.5) is 21.6 Å². The highest BCUT2D eigenvalue weighted by molar-refractivity contribution is 7.92. The van der Waals surface area contributed by atoms with Gasteiger partial charge in [-0.25, -0.2) is 9.37 Å². The van der Waals surface area contributed by atoms with E-state index in [2.05, 4.69) is 20.2 Å². The lowest BCUT2D eigenvalue weighted by molar-refractivity contribution is 0.0713. The zero-order chi connectivity index (χ0) is 28.4. The number of nitrogens with one attached hydrogen (secondary N) is 2. The van der Waals surface area contributed by atoms with E-state index in [-0.39, 0.29) is 39.6 Å². The molecule has 0 unspecified atom stereocenters. The van der Waals surface area contributed by atoms with Gasteiger partial charge in [0.1, 0.15) is 12.1 Å². The molecule has 1 saturated heterocycles. The molecule has 1 aliphatic heterocycles. The zero-order valence-corrected chi connectivity index (χ0v) is 23.4. The number of anilines is 3. The molecule has 208 valence electrons. The molecule has 0 bridgehead atoms. The van der Waals surface area contributed by atoms with E-state index in [4.69, 9.17) is 16.1 Å². The number of carbonyl (C=O) groups excluding carboxylic acids is 1. The topological polar surface area (TPSA) is 117 Å². The smallest absolute Gasteiger partial charge is 0.280 e. The summed E-state index contributed by atoms with van der Waals surface area (Å²) in [6, 6.07) is 13.1. The average molecular weight is 584 g/mol. The number of carbonyl (C=O) groups is 1.